The number of halogens is 2. The van der Waals surface area contributed by atoms with Crippen LogP contribution in [0.1, 0.15) is 10.8 Å². The van der Waals surface area contributed by atoms with Gasteiger partial charge in [0.1, 0.15) is 11.8 Å². The third-order valence-corrected chi connectivity index (χ3v) is 5.95. The molecule has 0 radical (unpaired) electrons. The van der Waals surface area contributed by atoms with E-state index in [1.807, 2.05) is 12.1 Å². The number of amides is 1. The van der Waals surface area contributed by atoms with Crippen LogP contribution in [0, 0.1) is 11.3 Å². The van der Waals surface area contributed by atoms with E-state index in [0.29, 0.717) is 16.5 Å². The van der Waals surface area contributed by atoms with Gasteiger partial charge in [-0.25, -0.2) is 0 Å². The standard InChI is InChI=1S/C12H8Cl2N2OS2/c13-7-1-2-8(9(14)3-7)11-5-18-12(19-11)10(4-15)16-6-17/h1-3,6,11H,5H2,(H,16,17)/t11-/m1/s1. The summed E-state index contributed by atoms with van der Waals surface area (Å²) in [5.41, 5.74) is 1.28. The van der Waals surface area contributed by atoms with Crippen molar-refractivity contribution in [2.75, 3.05) is 5.75 Å². The topological polar surface area (TPSA) is 52.9 Å². The SMILES string of the molecule is N#CC(NC=O)=C1SC[C@H](c2ccc(Cl)cc2Cl)S1. The first kappa shape index (κ1) is 14.6. The quantitative estimate of drug-likeness (QED) is 0.673. The van der Waals surface area contributed by atoms with Crippen molar-refractivity contribution in [1.82, 2.24) is 5.32 Å². The van der Waals surface area contributed by atoms with Crippen LogP contribution < -0.4 is 5.32 Å². The highest BCUT2D eigenvalue weighted by atomic mass is 35.5. The number of nitrogens with one attached hydrogen (secondary N) is 1. The minimum atomic E-state index is 0.154. The number of allylic oxidation sites excluding steroid dienone is 1. The van der Waals surface area contributed by atoms with Gasteiger partial charge < -0.3 is 5.32 Å². The number of nitrogens with zero attached hydrogens (tertiary/aromatic N) is 1. The van der Waals surface area contributed by atoms with Crippen LogP contribution in [0.15, 0.2) is 28.1 Å². The van der Waals surface area contributed by atoms with E-state index in [2.05, 4.69) is 5.32 Å². The minimum absolute atomic E-state index is 0.154. The summed E-state index contributed by atoms with van der Waals surface area (Å²) in [5, 5.41) is 12.7. The molecule has 1 fully saturated rings. The number of hydrogen-bond acceptors (Lipinski definition) is 4. The predicted octanol–water partition coefficient (Wildman–Crippen LogP) is 3.95. The molecule has 1 aliphatic heterocycles. The summed E-state index contributed by atoms with van der Waals surface area (Å²) in [6, 6.07) is 7.38. The molecule has 1 heterocycles. The number of hydrogen-bond donors (Lipinski definition) is 1. The fourth-order valence-corrected chi connectivity index (χ4v) is 5.04. The van der Waals surface area contributed by atoms with Crippen molar-refractivity contribution in [3.8, 4) is 6.07 Å². The Bertz CT molecular complexity index is 584. The van der Waals surface area contributed by atoms with Crippen LogP contribution in [0.3, 0.4) is 0 Å². The highest BCUT2D eigenvalue weighted by molar-refractivity contribution is 8.25. The number of benzene rings is 1. The second-order valence-electron chi connectivity index (χ2n) is 3.62. The van der Waals surface area contributed by atoms with Gasteiger partial charge in [-0.1, -0.05) is 29.3 Å². The van der Waals surface area contributed by atoms with Gasteiger partial charge in [0.25, 0.3) is 0 Å². The average Bonchev–Trinajstić information content (AvgIpc) is 2.85. The van der Waals surface area contributed by atoms with E-state index in [1.165, 1.54) is 23.5 Å². The fourth-order valence-electron chi connectivity index (χ4n) is 1.59. The van der Waals surface area contributed by atoms with E-state index in [-0.39, 0.29) is 10.9 Å². The third-order valence-electron chi connectivity index (χ3n) is 2.44. The van der Waals surface area contributed by atoms with Gasteiger partial charge in [-0.2, -0.15) is 5.26 Å². The molecule has 19 heavy (non-hydrogen) atoms. The maximum absolute atomic E-state index is 10.4. The predicted molar refractivity (Wildman–Crippen MR) is 81.1 cm³/mol. The molecule has 0 bridgehead atoms. The summed E-state index contributed by atoms with van der Waals surface area (Å²) in [6.07, 6.45) is 0.509. The Morgan fingerprint density at radius 1 is 1.53 bits per heavy atom. The molecule has 0 aliphatic carbocycles. The number of thioether (sulfide) groups is 2. The van der Waals surface area contributed by atoms with Crippen molar-refractivity contribution in [3.63, 3.8) is 0 Å². The first-order chi connectivity index (χ1) is 9.15. The Labute approximate surface area is 129 Å². The van der Waals surface area contributed by atoms with Gasteiger partial charge in [0.15, 0.2) is 0 Å². The molecule has 0 aromatic heterocycles. The van der Waals surface area contributed by atoms with Crippen LogP contribution in [0.2, 0.25) is 10.0 Å². The van der Waals surface area contributed by atoms with E-state index in [0.717, 1.165) is 15.6 Å². The summed E-state index contributed by atoms with van der Waals surface area (Å²) < 4.78 is 0.811. The van der Waals surface area contributed by atoms with Crippen molar-refractivity contribution in [3.05, 3.63) is 43.7 Å². The van der Waals surface area contributed by atoms with Gasteiger partial charge in [-0.05, 0) is 17.7 Å². The van der Waals surface area contributed by atoms with E-state index >= 15 is 0 Å². The summed E-state index contributed by atoms with van der Waals surface area (Å²) in [7, 11) is 0. The van der Waals surface area contributed by atoms with Gasteiger partial charge in [-0.3, -0.25) is 4.79 Å². The Kier molecular flexibility index (Phi) is 5.06. The number of nitriles is 1. The maximum atomic E-state index is 10.4. The van der Waals surface area contributed by atoms with Crippen molar-refractivity contribution < 1.29 is 4.79 Å². The Morgan fingerprint density at radius 2 is 2.32 bits per heavy atom. The lowest BCUT2D eigenvalue weighted by molar-refractivity contribution is -0.108. The van der Waals surface area contributed by atoms with E-state index in [9.17, 15) is 4.79 Å². The van der Waals surface area contributed by atoms with Crippen molar-refractivity contribution in [2.45, 2.75) is 5.25 Å². The summed E-state index contributed by atoms with van der Waals surface area (Å²) >= 11 is 15.1. The lowest BCUT2D eigenvalue weighted by Gasteiger charge is -2.10. The molecule has 1 amide bonds. The molecule has 1 N–H and O–H groups in total. The summed E-state index contributed by atoms with van der Waals surface area (Å²) in [4.78, 5) is 10.4. The molecule has 2 rings (SSSR count). The summed E-state index contributed by atoms with van der Waals surface area (Å²) in [5.74, 6) is 0.799. The Hall–Kier alpha value is -0.800. The molecule has 1 saturated heterocycles. The fraction of sp³-hybridized carbons (Fsp3) is 0.167. The molecule has 98 valence electrons. The van der Waals surface area contributed by atoms with E-state index in [4.69, 9.17) is 28.5 Å². The molecule has 7 heteroatoms. The van der Waals surface area contributed by atoms with Crippen LogP contribution in [0.5, 0.6) is 0 Å². The smallest absolute Gasteiger partial charge is 0.212 e. The van der Waals surface area contributed by atoms with Crippen LogP contribution in [-0.4, -0.2) is 12.2 Å². The highest BCUT2D eigenvalue weighted by Gasteiger charge is 2.27. The Balaban J connectivity index is 2.23. The van der Waals surface area contributed by atoms with Crippen molar-refractivity contribution in [2.24, 2.45) is 0 Å². The molecule has 1 aliphatic rings. The monoisotopic (exact) mass is 330 g/mol. The number of rotatable bonds is 3. The second kappa shape index (κ2) is 6.58. The minimum Gasteiger partial charge on any atom is -0.319 e. The number of carbonyl (C=O) groups excluding carboxylic acids is 1. The molecule has 3 nitrogen and oxygen atoms in total. The molecule has 1 aromatic carbocycles. The average molecular weight is 331 g/mol. The van der Waals surface area contributed by atoms with Crippen LogP contribution >= 0.6 is 46.7 Å². The largest absolute Gasteiger partial charge is 0.319 e. The molecular formula is C12H8Cl2N2OS2. The van der Waals surface area contributed by atoms with Gasteiger partial charge in [0, 0.05) is 21.0 Å². The second-order valence-corrected chi connectivity index (χ2v) is 6.97. The maximum Gasteiger partial charge on any atom is 0.212 e. The molecular weight excluding hydrogens is 323 g/mol. The normalized spacial score (nSPS) is 20.8. The lowest BCUT2D eigenvalue weighted by atomic mass is 10.2. The van der Waals surface area contributed by atoms with Gasteiger partial charge in [-0.15, -0.1) is 23.5 Å². The number of carbonyl (C=O) groups is 1. The van der Waals surface area contributed by atoms with E-state index in [1.54, 1.807) is 12.1 Å². The molecule has 1 atom stereocenters. The van der Waals surface area contributed by atoms with Crippen molar-refractivity contribution in [1.29, 1.82) is 5.26 Å². The van der Waals surface area contributed by atoms with Crippen LogP contribution in [0.4, 0.5) is 0 Å². The zero-order chi connectivity index (χ0) is 13.8. The van der Waals surface area contributed by atoms with Crippen LogP contribution in [-0.2, 0) is 4.79 Å². The van der Waals surface area contributed by atoms with E-state index < -0.39 is 0 Å². The first-order valence-electron chi connectivity index (χ1n) is 5.24. The highest BCUT2D eigenvalue weighted by Crippen LogP contribution is 2.52. The zero-order valence-electron chi connectivity index (χ0n) is 9.52. The van der Waals surface area contributed by atoms with Gasteiger partial charge in [0.2, 0.25) is 6.41 Å². The zero-order valence-corrected chi connectivity index (χ0v) is 12.7. The molecule has 1 aromatic rings. The van der Waals surface area contributed by atoms with Crippen LogP contribution in [0.25, 0.3) is 0 Å². The lowest BCUT2D eigenvalue weighted by Crippen LogP contribution is -2.09. The molecule has 0 unspecified atom stereocenters. The third kappa shape index (κ3) is 3.40. The molecule has 0 spiro atoms. The molecule has 0 saturated carbocycles. The Morgan fingerprint density at radius 3 is 2.95 bits per heavy atom. The first-order valence-corrected chi connectivity index (χ1v) is 7.86. The van der Waals surface area contributed by atoms with Gasteiger partial charge in [0.05, 0.1) is 4.24 Å². The van der Waals surface area contributed by atoms with Crippen molar-refractivity contribution >= 4 is 53.1 Å². The summed E-state index contributed by atoms with van der Waals surface area (Å²) in [6.45, 7) is 0. The van der Waals surface area contributed by atoms with Gasteiger partial charge >= 0.3 is 0 Å².